The zero-order chi connectivity index (χ0) is 19.5. The molecule has 1 unspecified atom stereocenters. The molecule has 28 heavy (non-hydrogen) atoms. The molecule has 2 atom stereocenters. The lowest BCUT2D eigenvalue weighted by Crippen LogP contribution is -2.19. The third-order valence-corrected chi connectivity index (χ3v) is 7.18. The Hall–Kier alpha value is -2.39. The molecule has 2 heterocycles. The van der Waals surface area contributed by atoms with E-state index in [0.717, 1.165) is 44.2 Å². The van der Waals surface area contributed by atoms with Gasteiger partial charge in [-0.3, -0.25) is 0 Å². The van der Waals surface area contributed by atoms with Gasteiger partial charge in [0.1, 0.15) is 11.5 Å². The van der Waals surface area contributed by atoms with Gasteiger partial charge in [0.25, 0.3) is 0 Å². The van der Waals surface area contributed by atoms with Crippen LogP contribution in [0.2, 0.25) is 0 Å². The maximum Gasteiger partial charge on any atom is 0.354 e. The lowest BCUT2D eigenvalue weighted by molar-refractivity contribution is 0.260. The smallest absolute Gasteiger partial charge is 0.354 e. The Kier molecular flexibility index (Phi) is 3.99. The van der Waals surface area contributed by atoms with Crippen LogP contribution >= 0.6 is 0 Å². The van der Waals surface area contributed by atoms with E-state index >= 15 is 0 Å². The van der Waals surface area contributed by atoms with Crippen LogP contribution in [-0.2, 0) is 35.6 Å². The maximum absolute atomic E-state index is 13.0. The molecule has 9 heteroatoms. The predicted molar refractivity (Wildman–Crippen MR) is 105 cm³/mol. The molecule has 0 radical (unpaired) electrons. The number of nitrogens with zero attached hydrogens (tertiary/aromatic N) is 3. The summed E-state index contributed by atoms with van der Waals surface area (Å²) < 4.78 is 24.0. The van der Waals surface area contributed by atoms with Crippen LogP contribution in [0.25, 0.3) is 0 Å². The summed E-state index contributed by atoms with van der Waals surface area (Å²) >= 11 is 0. The number of nitrogens with two attached hydrogens (primary N) is 1. The first kappa shape index (κ1) is 17.7. The quantitative estimate of drug-likeness (QED) is 0.806. The van der Waals surface area contributed by atoms with Crippen molar-refractivity contribution in [1.29, 1.82) is 0 Å². The summed E-state index contributed by atoms with van der Waals surface area (Å²) in [6.45, 7) is 2.37. The van der Waals surface area contributed by atoms with Crippen molar-refractivity contribution in [3.8, 4) is 5.88 Å². The number of amides is 2. The predicted octanol–water partition coefficient (Wildman–Crippen LogP) is 2.75. The molecule has 5 rings (SSSR count). The summed E-state index contributed by atoms with van der Waals surface area (Å²) in [4.78, 5) is 12.8. The second-order valence-corrected chi connectivity index (χ2v) is 9.50. The van der Waals surface area contributed by atoms with Gasteiger partial charge < -0.3 is 10.1 Å². The number of urea groups is 1. The number of hydrogen-bond donors (Lipinski definition) is 2. The van der Waals surface area contributed by atoms with E-state index in [2.05, 4.69) is 20.8 Å². The molecule has 148 valence electrons. The fourth-order valence-electron chi connectivity index (χ4n) is 4.53. The molecule has 2 aliphatic carbocycles. The first-order valence-corrected chi connectivity index (χ1v) is 11.2. The van der Waals surface area contributed by atoms with Crippen LogP contribution in [0.4, 0.5) is 10.5 Å². The second-order valence-electron chi connectivity index (χ2n) is 7.74. The number of nitrogens with one attached hydrogen (secondary N) is 1. The molecule has 8 nitrogen and oxygen atoms in total. The highest BCUT2D eigenvalue weighted by molar-refractivity contribution is 7.91. The molecule has 0 saturated heterocycles. The van der Waals surface area contributed by atoms with Gasteiger partial charge in [0.2, 0.25) is 5.88 Å². The van der Waals surface area contributed by atoms with Crippen LogP contribution in [0.5, 0.6) is 5.88 Å². The molecule has 0 fully saturated rings. The molecule has 2 amide bonds. The Morgan fingerprint density at radius 3 is 2.64 bits per heavy atom. The van der Waals surface area contributed by atoms with Crippen molar-refractivity contribution < 1.29 is 13.7 Å². The highest BCUT2D eigenvalue weighted by Gasteiger charge is 2.30. The van der Waals surface area contributed by atoms with E-state index in [0.29, 0.717) is 12.5 Å². The molecular formula is C19H23N5O3S. The van der Waals surface area contributed by atoms with Crippen molar-refractivity contribution >= 4 is 21.6 Å². The average molecular weight is 401 g/mol. The van der Waals surface area contributed by atoms with Gasteiger partial charge in [-0.1, -0.05) is 6.07 Å². The topological polar surface area (TPSA) is 112 Å². The largest absolute Gasteiger partial charge is 0.475 e. The third kappa shape index (κ3) is 2.72. The van der Waals surface area contributed by atoms with E-state index < -0.39 is 15.9 Å². The highest BCUT2D eigenvalue weighted by Crippen LogP contribution is 2.39. The van der Waals surface area contributed by atoms with Crippen molar-refractivity contribution in [2.45, 2.75) is 56.4 Å². The standard InChI is InChI=1S/C19H23N5O3S/c1-11-10-27-18-16(9-21-24(11)18)28(20,26)23-19(25)22-17-14-6-2-4-12(14)8-13-5-3-7-15(13)17/h8-9,11H,2-7,10H2,1H3,(H3,20,22,23,25,26)/t11-,28?/m1/s1. The number of rotatable bonds is 2. The minimum Gasteiger partial charge on any atom is -0.475 e. The number of aromatic nitrogens is 2. The zero-order valence-electron chi connectivity index (χ0n) is 15.7. The van der Waals surface area contributed by atoms with Gasteiger partial charge >= 0.3 is 6.03 Å². The highest BCUT2D eigenvalue weighted by atomic mass is 32.2. The van der Waals surface area contributed by atoms with Gasteiger partial charge in [0, 0.05) is 5.69 Å². The SMILES string of the molecule is C[C@@H]1COc2c(S(N)(=O)=NC(=O)Nc3c4c(cc5c3CCC5)CCC4)cnn21. The summed E-state index contributed by atoms with van der Waals surface area (Å²) in [6, 6.07) is 1.63. The van der Waals surface area contributed by atoms with Crippen molar-refractivity contribution in [2.75, 3.05) is 11.9 Å². The normalized spacial score (nSPS) is 21.4. The maximum atomic E-state index is 13.0. The number of aryl methyl sites for hydroxylation is 2. The molecular weight excluding hydrogens is 378 g/mol. The van der Waals surface area contributed by atoms with Crippen LogP contribution in [0.3, 0.4) is 0 Å². The Morgan fingerprint density at radius 1 is 1.29 bits per heavy atom. The summed E-state index contributed by atoms with van der Waals surface area (Å²) in [5, 5.41) is 13.0. The van der Waals surface area contributed by atoms with E-state index in [9.17, 15) is 9.00 Å². The lowest BCUT2D eigenvalue weighted by atomic mass is 9.99. The van der Waals surface area contributed by atoms with E-state index in [1.807, 2.05) is 6.92 Å². The number of ether oxygens (including phenoxy) is 1. The first-order valence-electron chi connectivity index (χ1n) is 9.67. The number of benzene rings is 1. The van der Waals surface area contributed by atoms with Crippen LogP contribution < -0.4 is 15.2 Å². The number of fused-ring (bicyclic) bond motifs is 3. The Balaban J connectivity index is 1.49. The fraction of sp³-hybridized carbons (Fsp3) is 0.474. The van der Waals surface area contributed by atoms with Crippen molar-refractivity contribution in [3.63, 3.8) is 0 Å². The summed E-state index contributed by atoms with van der Waals surface area (Å²) in [5.74, 6) is 0.332. The fourth-order valence-corrected chi connectivity index (χ4v) is 5.52. The van der Waals surface area contributed by atoms with Crippen LogP contribution in [-0.4, -0.2) is 26.6 Å². The number of carbonyl (C=O) groups is 1. The summed E-state index contributed by atoms with van der Waals surface area (Å²) in [7, 11) is -3.46. The first-order chi connectivity index (χ1) is 13.4. The Bertz CT molecular complexity index is 1080. The van der Waals surface area contributed by atoms with E-state index in [-0.39, 0.29) is 10.9 Å². The van der Waals surface area contributed by atoms with Crippen LogP contribution in [0.15, 0.2) is 21.5 Å². The molecule has 3 N–H and O–H groups in total. The van der Waals surface area contributed by atoms with E-state index in [1.54, 1.807) is 4.68 Å². The van der Waals surface area contributed by atoms with E-state index in [1.165, 1.54) is 28.5 Å². The van der Waals surface area contributed by atoms with Gasteiger partial charge in [-0.05, 0) is 67.7 Å². The third-order valence-electron chi connectivity index (χ3n) is 5.84. The monoisotopic (exact) mass is 401 g/mol. The minimum atomic E-state index is -3.46. The zero-order valence-corrected chi connectivity index (χ0v) is 16.6. The second kappa shape index (κ2) is 6.31. The molecule has 0 saturated carbocycles. The van der Waals surface area contributed by atoms with Gasteiger partial charge in [-0.25, -0.2) is 18.8 Å². The van der Waals surface area contributed by atoms with Crippen molar-refractivity contribution in [3.05, 3.63) is 34.5 Å². The number of hydrogen-bond acceptors (Lipinski definition) is 4. The van der Waals surface area contributed by atoms with Gasteiger partial charge in [-0.15, -0.1) is 4.36 Å². The Morgan fingerprint density at radius 2 is 1.96 bits per heavy atom. The summed E-state index contributed by atoms with van der Waals surface area (Å²) in [5.41, 5.74) is 5.85. The van der Waals surface area contributed by atoms with E-state index in [4.69, 9.17) is 9.88 Å². The molecule has 1 aliphatic heterocycles. The molecule has 3 aliphatic rings. The number of anilines is 1. The lowest BCUT2D eigenvalue weighted by Gasteiger charge is -2.15. The van der Waals surface area contributed by atoms with Gasteiger partial charge in [0.05, 0.1) is 12.2 Å². The Labute approximate surface area is 163 Å². The number of carbonyl (C=O) groups excluding carboxylic acids is 1. The van der Waals surface area contributed by atoms with Crippen molar-refractivity contribution in [2.24, 2.45) is 9.50 Å². The van der Waals surface area contributed by atoms with Crippen LogP contribution in [0, 0.1) is 0 Å². The minimum absolute atomic E-state index is 0.0299. The van der Waals surface area contributed by atoms with Crippen LogP contribution in [0.1, 0.15) is 48.1 Å². The summed E-state index contributed by atoms with van der Waals surface area (Å²) in [6.07, 6.45) is 7.51. The molecule has 0 spiro atoms. The molecule has 0 bridgehead atoms. The average Bonchev–Trinajstić information content (AvgIpc) is 3.38. The van der Waals surface area contributed by atoms with Gasteiger partial charge in [-0.2, -0.15) is 5.10 Å². The molecule has 1 aromatic carbocycles. The molecule has 2 aromatic rings. The van der Waals surface area contributed by atoms with Crippen molar-refractivity contribution in [1.82, 2.24) is 9.78 Å². The molecule has 1 aromatic heterocycles. The van der Waals surface area contributed by atoms with Gasteiger partial charge in [0.15, 0.2) is 9.92 Å².